The molecule has 3 amide bonds. The summed E-state index contributed by atoms with van der Waals surface area (Å²) in [6, 6.07) is 37.5. The molecule has 10 heteroatoms. The molecule has 1 unspecified atom stereocenters. The average molecular weight is 731 g/mol. The van der Waals surface area contributed by atoms with Gasteiger partial charge in [0.25, 0.3) is 11.8 Å². The van der Waals surface area contributed by atoms with Gasteiger partial charge in [-0.05, 0) is 90.0 Å². The fourth-order valence-corrected chi connectivity index (χ4v) is 6.06. The van der Waals surface area contributed by atoms with E-state index in [1.54, 1.807) is 60.7 Å². The molecule has 5 aromatic rings. The van der Waals surface area contributed by atoms with Crippen molar-refractivity contribution in [1.29, 1.82) is 0 Å². The van der Waals surface area contributed by atoms with Crippen LogP contribution in [0.15, 0.2) is 142 Å². The molecule has 230 valence electrons. The standard InChI is InChI=1S/C36H26BrCl2N3O3S/c37-26-12-15-28(16-13-26)41-36(45)33(23-7-3-1-4-8-23)46-30-19-17-29(18-20-30)40-35(44)32(21-25-11-14-27(38)22-31(25)39)42-34(43)24-9-5-2-6-10-24/h1-22,33H,(H,40,44)(H,41,45)(H,42,43)/b32-21-. The molecule has 0 aliphatic carbocycles. The van der Waals surface area contributed by atoms with Crippen LogP contribution in [0.3, 0.4) is 0 Å². The third-order valence-corrected chi connectivity index (χ3v) is 8.97. The van der Waals surface area contributed by atoms with E-state index in [-0.39, 0.29) is 11.6 Å². The quantitative estimate of drug-likeness (QED) is 0.0987. The molecule has 5 aromatic carbocycles. The van der Waals surface area contributed by atoms with Gasteiger partial charge in [-0.1, -0.05) is 93.7 Å². The molecule has 1 atom stereocenters. The SMILES string of the molecule is O=C(Nc1ccc(SC(C(=O)Nc2ccc(Br)cc2)c2ccccc2)cc1)/C(=C/c1ccc(Cl)cc1Cl)NC(=O)c1ccccc1. The van der Waals surface area contributed by atoms with Crippen LogP contribution in [0, 0.1) is 0 Å². The number of carbonyl (C=O) groups is 3. The monoisotopic (exact) mass is 729 g/mol. The summed E-state index contributed by atoms with van der Waals surface area (Å²) in [7, 11) is 0. The van der Waals surface area contributed by atoms with Gasteiger partial charge in [-0.3, -0.25) is 14.4 Å². The Morgan fingerprint density at radius 2 is 1.33 bits per heavy atom. The first-order chi connectivity index (χ1) is 22.2. The van der Waals surface area contributed by atoms with Crippen molar-refractivity contribution in [3.05, 3.63) is 164 Å². The maximum absolute atomic E-state index is 13.5. The molecule has 0 heterocycles. The maximum atomic E-state index is 13.5. The van der Waals surface area contributed by atoms with E-state index in [9.17, 15) is 14.4 Å². The van der Waals surface area contributed by atoms with Crippen molar-refractivity contribution in [3.63, 3.8) is 0 Å². The summed E-state index contributed by atoms with van der Waals surface area (Å²) in [5.41, 5.74) is 2.92. The Labute approximate surface area is 289 Å². The number of rotatable bonds is 10. The topological polar surface area (TPSA) is 87.3 Å². The van der Waals surface area contributed by atoms with Gasteiger partial charge in [-0.25, -0.2) is 0 Å². The maximum Gasteiger partial charge on any atom is 0.272 e. The smallest absolute Gasteiger partial charge is 0.272 e. The minimum atomic E-state index is -0.549. The number of hydrogen-bond acceptors (Lipinski definition) is 4. The average Bonchev–Trinajstić information content (AvgIpc) is 3.07. The largest absolute Gasteiger partial charge is 0.325 e. The van der Waals surface area contributed by atoms with Crippen molar-refractivity contribution in [3.8, 4) is 0 Å². The van der Waals surface area contributed by atoms with E-state index < -0.39 is 17.1 Å². The lowest BCUT2D eigenvalue weighted by molar-refractivity contribution is -0.116. The van der Waals surface area contributed by atoms with Crippen LogP contribution in [-0.2, 0) is 9.59 Å². The lowest BCUT2D eigenvalue weighted by Gasteiger charge is -2.17. The van der Waals surface area contributed by atoms with Gasteiger partial charge >= 0.3 is 0 Å². The normalized spacial score (nSPS) is 11.8. The molecule has 0 saturated heterocycles. The zero-order valence-electron chi connectivity index (χ0n) is 24.0. The molecule has 0 fully saturated rings. The van der Waals surface area contributed by atoms with Crippen LogP contribution >= 0.6 is 50.9 Å². The molecule has 0 aromatic heterocycles. The lowest BCUT2D eigenvalue weighted by Crippen LogP contribution is -2.30. The van der Waals surface area contributed by atoms with Crippen molar-refractivity contribution in [2.45, 2.75) is 10.1 Å². The van der Waals surface area contributed by atoms with Crippen LogP contribution in [0.4, 0.5) is 11.4 Å². The van der Waals surface area contributed by atoms with Gasteiger partial charge in [-0.15, -0.1) is 11.8 Å². The Morgan fingerprint density at radius 3 is 1.98 bits per heavy atom. The third kappa shape index (κ3) is 9.11. The first kappa shape index (κ1) is 33.0. The molecule has 0 bridgehead atoms. The molecule has 46 heavy (non-hydrogen) atoms. The van der Waals surface area contributed by atoms with Gasteiger partial charge in [0, 0.05) is 36.4 Å². The summed E-state index contributed by atoms with van der Waals surface area (Å²) in [4.78, 5) is 40.7. The van der Waals surface area contributed by atoms with E-state index in [4.69, 9.17) is 23.2 Å². The number of nitrogens with one attached hydrogen (secondary N) is 3. The molecule has 0 aliphatic rings. The summed E-state index contributed by atoms with van der Waals surface area (Å²) >= 11 is 17.2. The highest BCUT2D eigenvalue weighted by molar-refractivity contribution is 9.10. The summed E-state index contributed by atoms with van der Waals surface area (Å²) in [5.74, 6) is -1.17. The molecule has 6 nitrogen and oxygen atoms in total. The van der Waals surface area contributed by atoms with Gasteiger partial charge in [0.15, 0.2) is 0 Å². The third-order valence-electron chi connectivity index (χ3n) is 6.61. The molecule has 5 rings (SSSR count). The van der Waals surface area contributed by atoms with Gasteiger partial charge in [0.1, 0.15) is 10.9 Å². The minimum Gasteiger partial charge on any atom is -0.325 e. The van der Waals surface area contributed by atoms with Crippen LogP contribution in [-0.4, -0.2) is 17.7 Å². The van der Waals surface area contributed by atoms with Crippen LogP contribution in [0.25, 0.3) is 6.08 Å². The van der Waals surface area contributed by atoms with E-state index in [0.717, 1.165) is 14.9 Å². The second-order valence-corrected chi connectivity index (χ2v) is 12.9. The summed E-state index contributed by atoms with van der Waals surface area (Å²) < 4.78 is 0.918. The summed E-state index contributed by atoms with van der Waals surface area (Å²) in [6.07, 6.45) is 1.49. The fourth-order valence-electron chi connectivity index (χ4n) is 4.31. The predicted molar refractivity (Wildman–Crippen MR) is 191 cm³/mol. The Hall–Kier alpha value is -4.34. The highest BCUT2D eigenvalue weighted by Gasteiger charge is 2.23. The summed E-state index contributed by atoms with van der Waals surface area (Å²) in [5, 5.41) is 8.78. The Kier molecular flexibility index (Phi) is 11.3. The van der Waals surface area contributed by atoms with Crippen LogP contribution < -0.4 is 16.0 Å². The lowest BCUT2D eigenvalue weighted by atomic mass is 10.1. The molecule has 0 aliphatic heterocycles. The number of benzene rings is 5. The van der Waals surface area contributed by atoms with Gasteiger partial charge < -0.3 is 16.0 Å². The molecule has 3 N–H and O–H groups in total. The van der Waals surface area contributed by atoms with Gasteiger partial charge in [0.05, 0.1) is 0 Å². The van der Waals surface area contributed by atoms with E-state index in [1.165, 1.54) is 17.8 Å². The zero-order valence-corrected chi connectivity index (χ0v) is 28.0. The number of carbonyl (C=O) groups excluding carboxylic acids is 3. The highest BCUT2D eigenvalue weighted by atomic mass is 79.9. The molecule has 0 radical (unpaired) electrons. The van der Waals surface area contributed by atoms with Crippen molar-refractivity contribution < 1.29 is 14.4 Å². The van der Waals surface area contributed by atoms with Crippen molar-refractivity contribution >= 4 is 86.1 Å². The van der Waals surface area contributed by atoms with Gasteiger partial charge in [-0.2, -0.15) is 0 Å². The molecule has 0 spiro atoms. The summed E-state index contributed by atoms with van der Waals surface area (Å²) in [6.45, 7) is 0. The van der Waals surface area contributed by atoms with Crippen LogP contribution in [0.5, 0.6) is 0 Å². The Balaban J connectivity index is 1.33. The number of amides is 3. The van der Waals surface area contributed by atoms with E-state index >= 15 is 0 Å². The van der Waals surface area contributed by atoms with Crippen LogP contribution in [0.2, 0.25) is 10.0 Å². The van der Waals surface area contributed by atoms with Crippen molar-refractivity contribution in [1.82, 2.24) is 5.32 Å². The van der Waals surface area contributed by atoms with Crippen LogP contribution in [0.1, 0.15) is 26.7 Å². The first-order valence-electron chi connectivity index (χ1n) is 14.0. The number of anilines is 2. The highest BCUT2D eigenvalue weighted by Crippen LogP contribution is 2.37. The number of hydrogen-bond donors (Lipinski definition) is 3. The van der Waals surface area contributed by atoms with E-state index in [1.807, 2.05) is 66.7 Å². The van der Waals surface area contributed by atoms with E-state index in [0.29, 0.717) is 32.5 Å². The number of halogens is 3. The number of thioether (sulfide) groups is 1. The van der Waals surface area contributed by atoms with Crippen molar-refractivity contribution in [2.75, 3.05) is 10.6 Å². The Bertz CT molecular complexity index is 1870. The minimum absolute atomic E-state index is 0.00900. The molecular formula is C36H26BrCl2N3O3S. The second kappa shape index (κ2) is 15.8. The van der Waals surface area contributed by atoms with Crippen molar-refractivity contribution in [2.24, 2.45) is 0 Å². The Morgan fingerprint density at radius 1 is 0.717 bits per heavy atom. The predicted octanol–water partition coefficient (Wildman–Crippen LogP) is 9.64. The van der Waals surface area contributed by atoms with Gasteiger partial charge in [0.2, 0.25) is 5.91 Å². The first-order valence-corrected chi connectivity index (χ1v) is 16.4. The molecular weight excluding hydrogens is 705 g/mol. The fraction of sp³-hybridized carbons (Fsp3) is 0.0278. The second-order valence-electron chi connectivity index (χ2n) is 9.93. The zero-order chi connectivity index (χ0) is 32.5. The molecule has 0 saturated carbocycles. The van der Waals surface area contributed by atoms with E-state index in [2.05, 4.69) is 31.9 Å².